The average Bonchev–Trinajstić information content (AvgIpc) is 2.11. The second-order valence-corrected chi connectivity index (χ2v) is 3.14. The van der Waals surface area contributed by atoms with E-state index in [-0.39, 0.29) is 0 Å². The first-order chi connectivity index (χ1) is 5.85. The molecule has 0 aromatic rings. The molecular formula is C11H20O. The lowest BCUT2D eigenvalue weighted by atomic mass is 10.0. The summed E-state index contributed by atoms with van der Waals surface area (Å²) in [6.45, 7) is 5.72. The smallest absolute Gasteiger partial charge is 0.107 e. The van der Waals surface area contributed by atoms with Crippen molar-refractivity contribution in [1.82, 2.24) is 0 Å². The van der Waals surface area contributed by atoms with Gasteiger partial charge in [-0.3, -0.25) is 0 Å². The van der Waals surface area contributed by atoms with Gasteiger partial charge in [-0.15, -0.1) is 6.42 Å². The Kier molecular flexibility index (Phi) is 8.27. The van der Waals surface area contributed by atoms with Crippen molar-refractivity contribution in [2.75, 3.05) is 13.2 Å². The van der Waals surface area contributed by atoms with E-state index in [9.17, 15) is 0 Å². The number of hydrogen-bond donors (Lipinski definition) is 0. The van der Waals surface area contributed by atoms with Gasteiger partial charge < -0.3 is 4.74 Å². The van der Waals surface area contributed by atoms with Gasteiger partial charge in [-0.05, 0) is 12.3 Å². The van der Waals surface area contributed by atoms with Gasteiger partial charge in [0.25, 0.3) is 0 Å². The Balaban J connectivity index is 3.34. The van der Waals surface area contributed by atoms with Crippen molar-refractivity contribution in [2.24, 2.45) is 5.92 Å². The van der Waals surface area contributed by atoms with Crippen LogP contribution in [0.4, 0.5) is 0 Å². The number of unbranched alkanes of at least 4 members (excludes halogenated alkanes) is 1. The van der Waals surface area contributed by atoms with Crippen molar-refractivity contribution < 1.29 is 4.74 Å². The van der Waals surface area contributed by atoms with Crippen molar-refractivity contribution in [3.63, 3.8) is 0 Å². The Labute approximate surface area is 76.5 Å². The van der Waals surface area contributed by atoms with Crippen LogP contribution in [0.5, 0.6) is 0 Å². The molecule has 0 amide bonds. The fourth-order valence-corrected chi connectivity index (χ4v) is 1.18. The lowest BCUT2D eigenvalue weighted by Crippen LogP contribution is -2.08. The van der Waals surface area contributed by atoms with Crippen LogP contribution in [0.15, 0.2) is 0 Å². The molecular weight excluding hydrogens is 148 g/mol. The standard InChI is InChI=1S/C11H20O/c1-4-7-8-11(6-3)10-12-9-5-2/h2,11H,4,6-10H2,1,3H3. The summed E-state index contributed by atoms with van der Waals surface area (Å²) in [5.74, 6) is 3.19. The topological polar surface area (TPSA) is 9.23 Å². The number of rotatable bonds is 7. The minimum Gasteiger partial charge on any atom is -0.369 e. The maximum Gasteiger partial charge on any atom is 0.107 e. The van der Waals surface area contributed by atoms with E-state index in [4.69, 9.17) is 11.2 Å². The minimum atomic E-state index is 0.461. The van der Waals surface area contributed by atoms with E-state index >= 15 is 0 Å². The number of hydrogen-bond acceptors (Lipinski definition) is 1. The molecule has 0 aliphatic heterocycles. The third-order valence-electron chi connectivity index (χ3n) is 2.08. The highest BCUT2D eigenvalue weighted by molar-refractivity contribution is 4.82. The van der Waals surface area contributed by atoms with Crippen LogP contribution < -0.4 is 0 Å². The van der Waals surface area contributed by atoms with Crippen LogP contribution in [0.1, 0.15) is 39.5 Å². The first-order valence-electron chi connectivity index (χ1n) is 4.86. The summed E-state index contributed by atoms with van der Waals surface area (Å²) in [6, 6.07) is 0. The van der Waals surface area contributed by atoms with Gasteiger partial charge in [0.1, 0.15) is 6.61 Å². The lowest BCUT2D eigenvalue weighted by Gasteiger charge is -2.12. The highest BCUT2D eigenvalue weighted by atomic mass is 16.5. The molecule has 0 saturated carbocycles. The summed E-state index contributed by atoms with van der Waals surface area (Å²) in [5, 5.41) is 0. The molecule has 1 heteroatoms. The molecule has 0 aromatic heterocycles. The predicted octanol–water partition coefficient (Wildman–Crippen LogP) is 2.85. The molecule has 0 saturated heterocycles. The molecule has 0 aromatic carbocycles. The zero-order valence-electron chi connectivity index (χ0n) is 8.31. The summed E-state index contributed by atoms with van der Waals surface area (Å²) in [6.07, 6.45) is 10.1. The molecule has 0 N–H and O–H groups in total. The summed E-state index contributed by atoms with van der Waals surface area (Å²) in [5.41, 5.74) is 0. The van der Waals surface area contributed by atoms with Crippen molar-refractivity contribution in [1.29, 1.82) is 0 Å². The van der Waals surface area contributed by atoms with E-state index in [0.29, 0.717) is 12.5 Å². The van der Waals surface area contributed by atoms with Gasteiger partial charge >= 0.3 is 0 Å². The molecule has 0 fully saturated rings. The Hall–Kier alpha value is -0.480. The minimum absolute atomic E-state index is 0.461. The van der Waals surface area contributed by atoms with E-state index in [1.807, 2.05) is 0 Å². The summed E-state index contributed by atoms with van der Waals surface area (Å²) in [4.78, 5) is 0. The van der Waals surface area contributed by atoms with Gasteiger partial charge in [0.2, 0.25) is 0 Å². The van der Waals surface area contributed by atoms with Gasteiger partial charge in [-0.25, -0.2) is 0 Å². The molecule has 1 atom stereocenters. The molecule has 0 aliphatic rings. The molecule has 1 nitrogen and oxygen atoms in total. The van der Waals surface area contributed by atoms with Gasteiger partial charge in [0.05, 0.1) is 6.61 Å². The normalized spacial score (nSPS) is 12.4. The Morgan fingerprint density at radius 2 is 2.17 bits per heavy atom. The Bertz CT molecular complexity index is 123. The molecule has 0 heterocycles. The van der Waals surface area contributed by atoms with Crippen LogP contribution >= 0.6 is 0 Å². The Morgan fingerprint density at radius 1 is 1.42 bits per heavy atom. The average molecular weight is 168 g/mol. The van der Waals surface area contributed by atoms with Crippen molar-refractivity contribution in [3.8, 4) is 12.3 Å². The third kappa shape index (κ3) is 6.24. The van der Waals surface area contributed by atoms with Crippen LogP contribution in [0.25, 0.3) is 0 Å². The number of ether oxygens (including phenoxy) is 1. The van der Waals surface area contributed by atoms with E-state index in [2.05, 4.69) is 19.8 Å². The fourth-order valence-electron chi connectivity index (χ4n) is 1.18. The van der Waals surface area contributed by atoms with Gasteiger partial charge in [-0.2, -0.15) is 0 Å². The molecule has 0 radical (unpaired) electrons. The first-order valence-corrected chi connectivity index (χ1v) is 4.86. The SMILES string of the molecule is C#CCOCC(CC)CCCC. The lowest BCUT2D eigenvalue weighted by molar-refractivity contribution is 0.120. The zero-order chi connectivity index (χ0) is 9.23. The summed E-state index contributed by atoms with van der Waals surface area (Å²) in [7, 11) is 0. The van der Waals surface area contributed by atoms with E-state index < -0.39 is 0 Å². The van der Waals surface area contributed by atoms with E-state index in [1.54, 1.807) is 0 Å². The second kappa shape index (κ2) is 8.62. The summed E-state index contributed by atoms with van der Waals surface area (Å²) >= 11 is 0. The molecule has 0 spiro atoms. The molecule has 70 valence electrons. The fraction of sp³-hybridized carbons (Fsp3) is 0.818. The van der Waals surface area contributed by atoms with Crippen LogP contribution in [0.3, 0.4) is 0 Å². The van der Waals surface area contributed by atoms with Crippen LogP contribution in [-0.4, -0.2) is 13.2 Å². The molecule has 12 heavy (non-hydrogen) atoms. The van der Waals surface area contributed by atoms with E-state index in [1.165, 1.54) is 25.7 Å². The molecule has 0 bridgehead atoms. The van der Waals surface area contributed by atoms with Crippen LogP contribution in [-0.2, 0) is 4.74 Å². The van der Waals surface area contributed by atoms with Crippen LogP contribution in [0, 0.1) is 18.3 Å². The van der Waals surface area contributed by atoms with Gasteiger partial charge in [0.15, 0.2) is 0 Å². The Morgan fingerprint density at radius 3 is 2.67 bits per heavy atom. The van der Waals surface area contributed by atoms with Gasteiger partial charge in [-0.1, -0.05) is 39.0 Å². The number of terminal acetylenes is 1. The second-order valence-electron chi connectivity index (χ2n) is 3.14. The maximum absolute atomic E-state index is 5.30. The monoisotopic (exact) mass is 168 g/mol. The highest BCUT2D eigenvalue weighted by Gasteiger charge is 2.04. The maximum atomic E-state index is 5.30. The van der Waals surface area contributed by atoms with Crippen molar-refractivity contribution in [2.45, 2.75) is 39.5 Å². The molecule has 1 unspecified atom stereocenters. The zero-order valence-corrected chi connectivity index (χ0v) is 8.31. The third-order valence-corrected chi connectivity index (χ3v) is 2.08. The predicted molar refractivity (Wildman–Crippen MR) is 53.0 cm³/mol. The largest absolute Gasteiger partial charge is 0.369 e. The quantitative estimate of drug-likeness (QED) is 0.419. The van der Waals surface area contributed by atoms with Crippen LogP contribution in [0.2, 0.25) is 0 Å². The molecule has 0 aliphatic carbocycles. The first kappa shape index (κ1) is 11.5. The highest BCUT2D eigenvalue weighted by Crippen LogP contribution is 2.12. The summed E-state index contributed by atoms with van der Waals surface area (Å²) < 4.78 is 5.30. The van der Waals surface area contributed by atoms with Gasteiger partial charge in [0, 0.05) is 0 Å². The van der Waals surface area contributed by atoms with Crippen molar-refractivity contribution >= 4 is 0 Å². The van der Waals surface area contributed by atoms with Crippen molar-refractivity contribution in [3.05, 3.63) is 0 Å². The van der Waals surface area contributed by atoms with E-state index in [0.717, 1.165) is 6.61 Å². The molecule has 0 rings (SSSR count).